The van der Waals surface area contributed by atoms with Crippen LogP contribution in [0.3, 0.4) is 0 Å². The zero-order valence-corrected chi connectivity index (χ0v) is 15.8. The van der Waals surface area contributed by atoms with Gasteiger partial charge in [-0.1, -0.05) is 18.2 Å². The number of benzene rings is 1. The van der Waals surface area contributed by atoms with E-state index in [1.165, 1.54) is 11.8 Å². The second kappa shape index (κ2) is 7.25. The van der Waals surface area contributed by atoms with Crippen molar-refractivity contribution in [1.82, 2.24) is 14.9 Å². The van der Waals surface area contributed by atoms with Crippen molar-refractivity contribution >= 4 is 34.6 Å². The molecule has 0 bridgehead atoms. The number of nitrogens with zero attached hydrogens (tertiary/aromatic N) is 3. The minimum atomic E-state index is -0.124. The molecule has 4 rings (SSSR count). The number of aromatic nitrogens is 2. The van der Waals surface area contributed by atoms with Gasteiger partial charge in [-0.15, -0.1) is 0 Å². The lowest BCUT2D eigenvalue weighted by molar-refractivity contribution is -0.115. The highest BCUT2D eigenvalue weighted by molar-refractivity contribution is 8.18. The molecular formula is C21H18N4OS. The van der Waals surface area contributed by atoms with Crippen molar-refractivity contribution in [3.8, 4) is 5.69 Å². The third-order valence-corrected chi connectivity index (χ3v) is 5.21. The summed E-state index contributed by atoms with van der Waals surface area (Å²) in [6.45, 7) is 4.09. The Labute approximate surface area is 161 Å². The van der Waals surface area contributed by atoms with E-state index < -0.39 is 0 Å². The fraction of sp³-hybridized carbons (Fsp3) is 0.0952. The number of amidine groups is 1. The molecule has 1 aromatic carbocycles. The molecular weight excluding hydrogens is 356 g/mol. The van der Waals surface area contributed by atoms with Crippen LogP contribution in [0.1, 0.15) is 17.0 Å². The van der Waals surface area contributed by atoms with Crippen molar-refractivity contribution < 1.29 is 4.79 Å². The van der Waals surface area contributed by atoms with Gasteiger partial charge in [-0.3, -0.25) is 9.78 Å². The molecule has 6 heteroatoms. The predicted octanol–water partition coefficient (Wildman–Crippen LogP) is 4.38. The summed E-state index contributed by atoms with van der Waals surface area (Å²) in [5.74, 6) is -0.124. The molecule has 27 heavy (non-hydrogen) atoms. The molecule has 1 aliphatic heterocycles. The molecule has 0 atom stereocenters. The van der Waals surface area contributed by atoms with E-state index in [1.54, 1.807) is 6.20 Å². The molecule has 0 saturated carbocycles. The number of aryl methyl sites for hydroxylation is 1. The molecule has 1 saturated heterocycles. The Kier molecular flexibility index (Phi) is 4.64. The summed E-state index contributed by atoms with van der Waals surface area (Å²) in [7, 11) is 0. The third-order valence-electron chi connectivity index (χ3n) is 4.30. The van der Waals surface area contributed by atoms with Gasteiger partial charge < -0.3 is 9.88 Å². The lowest BCUT2D eigenvalue weighted by Crippen LogP contribution is -2.19. The minimum absolute atomic E-state index is 0.124. The molecule has 1 fully saturated rings. The standard InChI is InChI=1S/C21H18N4OS/c1-14-11-16(15(2)25(14)18-9-6-10-22-13-18)12-19-20(26)24-21(27-19)23-17-7-4-3-5-8-17/h3-13H,1-2H3,(H,23,24,26)/b19-12-. The van der Waals surface area contributed by atoms with E-state index >= 15 is 0 Å². The van der Waals surface area contributed by atoms with Crippen molar-refractivity contribution in [2.45, 2.75) is 13.8 Å². The Balaban J connectivity index is 1.65. The highest BCUT2D eigenvalue weighted by Gasteiger charge is 2.24. The zero-order valence-electron chi connectivity index (χ0n) is 15.0. The largest absolute Gasteiger partial charge is 0.316 e. The summed E-state index contributed by atoms with van der Waals surface area (Å²) in [5, 5.41) is 3.43. The summed E-state index contributed by atoms with van der Waals surface area (Å²) in [6, 6.07) is 15.6. The molecule has 1 amide bonds. The average Bonchev–Trinajstić information content (AvgIpc) is 3.15. The molecule has 5 nitrogen and oxygen atoms in total. The number of amides is 1. The van der Waals surface area contributed by atoms with Crippen LogP contribution in [0.5, 0.6) is 0 Å². The molecule has 1 aliphatic rings. The lowest BCUT2D eigenvalue weighted by atomic mass is 10.2. The smallest absolute Gasteiger partial charge is 0.264 e. The zero-order chi connectivity index (χ0) is 18.8. The maximum atomic E-state index is 12.4. The SMILES string of the molecule is Cc1cc(/C=C2\SC(=Nc3ccccc3)NC2=O)c(C)n1-c1cccnc1. The number of aliphatic imine (C=N–C) groups is 1. The van der Waals surface area contributed by atoms with Gasteiger partial charge in [0.1, 0.15) is 0 Å². The first kappa shape index (κ1) is 17.3. The number of nitrogens with one attached hydrogen (secondary N) is 1. The third kappa shape index (κ3) is 3.57. The second-order valence-electron chi connectivity index (χ2n) is 6.19. The van der Waals surface area contributed by atoms with Crippen LogP contribution in [-0.2, 0) is 4.79 Å². The van der Waals surface area contributed by atoms with Crippen molar-refractivity contribution in [1.29, 1.82) is 0 Å². The number of hydrogen-bond acceptors (Lipinski definition) is 4. The minimum Gasteiger partial charge on any atom is -0.316 e. The van der Waals surface area contributed by atoms with Gasteiger partial charge in [-0.25, -0.2) is 4.99 Å². The molecule has 3 heterocycles. The normalized spacial score (nSPS) is 16.9. The summed E-state index contributed by atoms with van der Waals surface area (Å²) in [5.41, 5.74) is 4.99. The first-order valence-corrected chi connectivity index (χ1v) is 9.37. The van der Waals surface area contributed by atoms with Gasteiger partial charge in [0.2, 0.25) is 0 Å². The van der Waals surface area contributed by atoms with Gasteiger partial charge in [-0.05, 0) is 67.6 Å². The quantitative estimate of drug-likeness (QED) is 0.692. The fourth-order valence-electron chi connectivity index (χ4n) is 3.06. The number of carbonyl (C=O) groups is 1. The van der Waals surface area contributed by atoms with E-state index in [0.717, 1.165) is 28.3 Å². The van der Waals surface area contributed by atoms with E-state index in [-0.39, 0.29) is 5.91 Å². The van der Waals surface area contributed by atoms with Crippen LogP contribution in [0.4, 0.5) is 5.69 Å². The number of hydrogen-bond donors (Lipinski definition) is 1. The summed E-state index contributed by atoms with van der Waals surface area (Å²) >= 11 is 1.36. The predicted molar refractivity (Wildman–Crippen MR) is 110 cm³/mol. The Hall–Kier alpha value is -3.12. The van der Waals surface area contributed by atoms with E-state index in [9.17, 15) is 4.79 Å². The lowest BCUT2D eigenvalue weighted by Gasteiger charge is -2.08. The van der Waals surface area contributed by atoms with Gasteiger partial charge in [0.25, 0.3) is 5.91 Å². The number of thioether (sulfide) groups is 1. The molecule has 2 aromatic heterocycles. The maximum Gasteiger partial charge on any atom is 0.264 e. The highest BCUT2D eigenvalue weighted by atomic mass is 32.2. The van der Waals surface area contributed by atoms with Crippen LogP contribution >= 0.6 is 11.8 Å². The van der Waals surface area contributed by atoms with Crippen LogP contribution < -0.4 is 5.32 Å². The maximum absolute atomic E-state index is 12.4. The van der Waals surface area contributed by atoms with E-state index in [2.05, 4.69) is 25.9 Å². The second-order valence-corrected chi connectivity index (χ2v) is 7.22. The number of carbonyl (C=O) groups excluding carboxylic acids is 1. The Morgan fingerprint density at radius 3 is 2.70 bits per heavy atom. The van der Waals surface area contributed by atoms with Gasteiger partial charge in [-0.2, -0.15) is 0 Å². The van der Waals surface area contributed by atoms with Crippen molar-refractivity contribution in [3.05, 3.63) is 82.8 Å². The van der Waals surface area contributed by atoms with Crippen LogP contribution in [0.2, 0.25) is 0 Å². The number of pyridine rings is 1. The monoisotopic (exact) mass is 374 g/mol. The highest BCUT2D eigenvalue weighted by Crippen LogP contribution is 2.30. The molecule has 0 spiro atoms. The molecule has 0 aliphatic carbocycles. The van der Waals surface area contributed by atoms with Gasteiger partial charge in [0, 0.05) is 17.6 Å². The van der Waals surface area contributed by atoms with E-state index in [4.69, 9.17) is 0 Å². The van der Waals surface area contributed by atoms with Crippen LogP contribution in [0, 0.1) is 13.8 Å². The van der Waals surface area contributed by atoms with Crippen LogP contribution in [0.25, 0.3) is 11.8 Å². The van der Waals surface area contributed by atoms with E-state index in [0.29, 0.717) is 10.1 Å². The molecule has 0 unspecified atom stereocenters. The number of rotatable bonds is 3. The van der Waals surface area contributed by atoms with E-state index in [1.807, 2.05) is 68.6 Å². The molecule has 134 valence electrons. The summed E-state index contributed by atoms with van der Waals surface area (Å²) in [6.07, 6.45) is 5.51. The van der Waals surface area contributed by atoms with Gasteiger partial charge in [0.15, 0.2) is 5.17 Å². The molecule has 0 radical (unpaired) electrons. The van der Waals surface area contributed by atoms with Crippen molar-refractivity contribution in [2.24, 2.45) is 4.99 Å². The van der Waals surface area contributed by atoms with Crippen LogP contribution in [0.15, 0.2) is 70.8 Å². The summed E-state index contributed by atoms with van der Waals surface area (Å²) in [4.78, 5) is 21.7. The molecule has 3 aromatic rings. The van der Waals surface area contributed by atoms with Gasteiger partial charge >= 0.3 is 0 Å². The van der Waals surface area contributed by atoms with Crippen molar-refractivity contribution in [2.75, 3.05) is 0 Å². The topological polar surface area (TPSA) is 59.3 Å². The molecule has 1 N–H and O–H groups in total. The first-order valence-electron chi connectivity index (χ1n) is 8.56. The Bertz CT molecular complexity index is 1050. The first-order chi connectivity index (χ1) is 13.1. The Morgan fingerprint density at radius 1 is 1.15 bits per heavy atom. The average molecular weight is 374 g/mol. The fourth-order valence-corrected chi connectivity index (χ4v) is 3.89. The van der Waals surface area contributed by atoms with Gasteiger partial charge in [0.05, 0.1) is 22.5 Å². The van der Waals surface area contributed by atoms with Crippen LogP contribution in [-0.4, -0.2) is 20.6 Å². The van der Waals surface area contributed by atoms with Crippen molar-refractivity contribution in [3.63, 3.8) is 0 Å². The Morgan fingerprint density at radius 2 is 1.96 bits per heavy atom. The summed E-state index contributed by atoms with van der Waals surface area (Å²) < 4.78 is 2.13. The number of para-hydroxylation sites is 1.